The number of amides is 1. The molecule has 3 aromatic rings. The van der Waals surface area contributed by atoms with Gasteiger partial charge in [-0.25, -0.2) is 13.1 Å². The summed E-state index contributed by atoms with van der Waals surface area (Å²) < 4.78 is 39.2. The van der Waals surface area contributed by atoms with Gasteiger partial charge in [0.1, 0.15) is 11.5 Å². The molecular formula is C23H23ClN2O5S. The number of methoxy groups -OCH3 is 1. The summed E-state index contributed by atoms with van der Waals surface area (Å²) in [6.07, 6.45) is 0. The highest BCUT2D eigenvalue weighted by atomic mass is 35.5. The van der Waals surface area contributed by atoms with E-state index in [1.807, 2.05) is 0 Å². The van der Waals surface area contributed by atoms with Gasteiger partial charge in [0.2, 0.25) is 10.0 Å². The molecule has 9 heteroatoms. The van der Waals surface area contributed by atoms with Crippen molar-refractivity contribution in [1.29, 1.82) is 0 Å². The third-order valence-electron chi connectivity index (χ3n) is 4.54. The van der Waals surface area contributed by atoms with E-state index in [2.05, 4.69) is 10.0 Å². The van der Waals surface area contributed by atoms with Gasteiger partial charge in [-0.3, -0.25) is 4.79 Å². The molecule has 0 bridgehead atoms. The van der Waals surface area contributed by atoms with Crippen LogP contribution in [0.3, 0.4) is 0 Å². The van der Waals surface area contributed by atoms with Crippen molar-refractivity contribution in [3.05, 3.63) is 82.9 Å². The summed E-state index contributed by atoms with van der Waals surface area (Å²) in [5.74, 6) is 0.493. The van der Waals surface area contributed by atoms with E-state index < -0.39 is 15.9 Å². The van der Waals surface area contributed by atoms with Gasteiger partial charge in [-0.15, -0.1) is 0 Å². The van der Waals surface area contributed by atoms with Crippen LogP contribution in [0.5, 0.6) is 11.5 Å². The van der Waals surface area contributed by atoms with E-state index >= 15 is 0 Å². The topological polar surface area (TPSA) is 93.7 Å². The SMILES string of the molecule is CCOc1ccc(S(=O)(=O)NCc2ccccc2OC)cc1NC(=O)c1cccc(Cl)c1. The molecule has 0 unspecified atom stereocenters. The number of ether oxygens (including phenoxy) is 2. The number of sulfonamides is 1. The van der Waals surface area contributed by atoms with E-state index in [0.29, 0.717) is 34.3 Å². The third-order valence-corrected chi connectivity index (χ3v) is 6.18. The first-order valence-electron chi connectivity index (χ1n) is 9.79. The molecule has 0 saturated carbocycles. The van der Waals surface area contributed by atoms with Crippen LogP contribution in [0.2, 0.25) is 5.02 Å². The Bertz CT molecular complexity index is 1210. The van der Waals surface area contributed by atoms with Crippen LogP contribution in [-0.2, 0) is 16.6 Å². The van der Waals surface area contributed by atoms with E-state index in [1.54, 1.807) is 49.4 Å². The lowest BCUT2D eigenvalue weighted by Gasteiger charge is -2.15. The molecule has 0 aliphatic heterocycles. The minimum Gasteiger partial charge on any atom is -0.496 e. The van der Waals surface area contributed by atoms with E-state index in [-0.39, 0.29) is 17.1 Å². The van der Waals surface area contributed by atoms with Gasteiger partial charge < -0.3 is 14.8 Å². The van der Waals surface area contributed by atoms with E-state index in [0.717, 1.165) is 0 Å². The molecule has 0 aromatic heterocycles. The Kier molecular flexibility index (Phi) is 7.74. The zero-order chi connectivity index (χ0) is 23.1. The predicted octanol–water partition coefficient (Wildman–Crippen LogP) is 4.48. The number of carbonyl (C=O) groups excluding carboxylic acids is 1. The van der Waals surface area contributed by atoms with Crippen LogP contribution in [0.4, 0.5) is 5.69 Å². The zero-order valence-corrected chi connectivity index (χ0v) is 19.2. The van der Waals surface area contributed by atoms with Gasteiger partial charge in [0.25, 0.3) is 5.91 Å². The molecular weight excluding hydrogens is 452 g/mol. The molecule has 0 saturated heterocycles. The van der Waals surface area contributed by atoms with Gasteiger partial charge in [0.15, 0.2) is 0 Å². The van der Waals surface area contributed by atoms with Crippen molar-refractivity contribution in [2.45, 2.75) is 18.4 Å². The Morgan fingerprint density at radius 2 is 1.78 bits per heavy atom. The fourth-order valence-corrected chi connectivity index (χ4v) is 4.21. The highest BCUT2D eigenvalue weighted by molar-refractivity contribution is 7.89. The standard InChI is InChI=1S/C23H23ClN2O5S/c1-3-31-22-12-11-19(14-20(22)26-23(27)16-8-6-9-18(24)13-16)32(28,29)25-15-17-7-4-5-10-21(17)30-2/h4-14,25H,3,15H2,1-2H3,(H,26,27). The Labute approximate surface area is 192 Å². The van der Waals surface area contributed by atoms with Crippen molar-refractivity contribution in [2.24, 2.45) is 0 Å². The van der Waals surface area contributed by atoms with Crippen LogP contribution in [0.25, 0.3) is 0 Å². The van der Waals surface area contributed by atoms with E-state index in [9.17, 15) is 13.2 Å². The molecule has 0 aliphatic rings. The highest BCUT2D eigenvalue weighted by Crippen LogP contribution is 2.29. The molecule has 0 heterocycles. The molecule has 2 N–H and O–H groups in total. The largest absolute Gasteiger partial charge is 0.496 e. The minimum atomic E-state index is -3.88. The number of anilines is 1. The Hall–Kier alpha value is -3.07. The van der Waals surface area contributed by atoms with Crippen LogP contribution >= 0.6 is 11.6 Å². The Morgan fingerprint density at radius 1 is 1.00 bits per heavy atom. The maximum atomic E-state index is 12.9. The van der Waals surface area contributed by atoms with Crippen molar-refractivity contribution in [2.75, 3.05) is 19.0 Å². The van der Waals surface area contributed by atoms with Crippen LogP contribution in [0.15, 0.2) is 71.6 Å². The summed E-state index contributed by atoms with van der Waals surface area (Å²) in [6, 6.07) is 17.9. The fourth-order valence-electron chi connectivity index (χ4n) is 2.98. The predicted molar refractivity (Wildman–Crippen MR) is 124 cm³/mol. The number of halogens is 1. The molecule has 7 nitrogen and oxygen atoms in total. The molecule has 0 radical (unpaired) electrons. The lowest BCUT2D eigenvalue weighted by molar-refractivity contribution is 0.102. The first-order chi connectivity index (χ1) is 15.3. The lowest BCUT2D eigenvalue weighted by Crippen LogP contribution is -2.24. The average molecular weight is 475 g/mol. The summed E-state index contributed by atoms with van der Waals surface area (Å²) in [4.78, 5) is 12.6. The smallest absolute Gasteiger partial charge is 0.255 e. The summed E-state index contributed by atoms with van der Waals surface area (Å²) in [5, 5.41) is 3.12. The van der Waals surface area contributed by atoms with Gasteiger partial charge in [-0.05, 0) is 49.4 Å². The van der Waals surface area contributed by atoms with Gasteiger partial charge in [0, 0.05) is 22.7 Å². The second kappa shape index (κ2) is 10.5. The third kappa shape index (κ3) is 5.79. The maximum absolute atomic E-state index is 12.9. The first kappa shape index (κ1) is 23.6. The molecule has 1 amide bonds. The maximum Gasteiger partial charge on any atom is 0.255 e. The van der Waals surface area contributed by atoms with Crippen LogP contribution in [-0.4, -0.2) is 28.0 Å². The number of rotatable bonds is 9. The Morgan fingerprint density at radius 3 is 2.50 bits per heavy atom. The van der Waals surface area contributed by atoms with E-state index in [4.69, 9.17) is 21.1 Å². The Balaban J connectivity index is 1.86. The second-order valence-corrected chi connectivity index (χ2v) is 8.90. The van der Waals surface area contributed by atoms with Crippen molar-refractivity contribution >= 4 is 33.2 Å². The van der Waals surface area contributed by atoms with Crippen LogP contribution in [0, 0.1) is 0 Å². The van der Waals surface area contributed by atoms with Crippen molar-refractivity contribution in [1.82, 2.24) is 4.72 Å². The quantitative estimate of drug-likeness (QED) is 0.477. The van der Waals surface area contributed by atoms with Gasteiger partial charge >= 0.3 is 0 Å². The molecule has 3 aromatic carbocycles. The van der Waals surface area contributed by atoms with Crippen molar-refractivity contribution in [3.63, 3.8) is 0 Å². The summed E-state index contributed by atoms with van der Waals surface area (Å²) in [5.41, 5.74) is 1.26. The number of hydrogen-bond donors (Lipinski definition) is 2. The first-order valence-corrected chi connectivity index (χ1v) is 11.7. The number of carbonyl (C=O) groups is 1. The zero-order valence-electron chi connectivity index (χ0n) is 17.6. The minimum absolute atomic E-state index is 0.0164. The van der Waals surface area contributed by atoms with Crippen molar-refractivity contribution in [3.8, 4) is 11.5 Å². The fraction of sp³-hybridized carbons (Fsp3) is 0.174. The van der Waals surface area contributed by atoms with E-state index in [1.165, 1.54) is 31.4 Å². The summed E-state index contributed by atoms with van der Waals surface area (Å²) >= 11 is 5.96. The number of nitrogens with one attached hydrogen (secondary N) is 2. The molecule has 0 aliphatic carbocycles. The van der Waals surface area contributed by atoms with Gasteiger partial charge in [-0.1, -0.05) is 35.9 Å². The normalized spacial score (nSPS) is 11.1. The van der Waals surface area contributed by atoms with Gasteiger partial charge in [-0.2, -0.15) is 0 Å². The molecule has 32 heavy (non-hydrogen) atoms. The monoisotopic (exact) mass is 474 g/mol. The summed E-state index contributed by atoms with van der Waals surface area (Å²) in [7, 11) is -2.36. The average Bonchev–Trinajstić information content (AvgIpc) is 2.79. The molecule has 3 rings (SSSR count). The second-order valence-electron chi connectivity index (χ2n) is 6.69. The van der Waals surface area contributed by atoms with Crippen LogP contribution in [0.1, 0.15) is 22.8 Å². The highest BCUT2D eigenvalue weighted by Gasteiger charge is 2.19. The van der Waals surface area contributed by atoms with Crippen LogP contribution < -0.4 is 19.5 Å². The molecule has 0 fully saturated rings. The molecule has 0 atom stereocenters. The number of benzene rings is 3. The molecule has 0 spiro atoms. The number of hydrogen-bond acceptors (Lipinski definition) is 5. The lowest BCUT2D eigenvalue weighted by atomic mass is 10.2. The van der Waals surface area contributed by atoms with Gasteiger partial charge in [0.05, 0.1) is 24.3 Å². The summed E-state index contributed by atoms with van der Waals surface area (Å²) in [6.45, 7) is 2.18. The molecule has 168 valence electrons. The van der Waals surface area contributed by atoms with Crippen molar-refractivity contribution < 1.29 is 22.7 Å². The number of para-hydroxylation sites is 1.